The lowest BCUT2D eigenvalue weighted by Crippen LogP contribution is -2.17. The Kier molecular flexibility index (Phi) is 4.57. The zero-order chi connectivity index (χ0) is 15.2. The van der Waals surface area contributed by atoms with Crippen molar-refractivity contribution in [3.8, 4) is 6.07 Å². The van der Waals surface area contributed by atoms with E-state index in [1.165, 1.54) is 0 Å². The molecular formula is C17H17N3O. The molecule has 4 heteroatoms. The Morgan fingerprint density at radius 2 is 1.76 bits per heavy atom. The number of rotatable bonds is 4. The highest BCUT2D eigenvalue weighted by Crippen LogP contribution is 2.18. The van der Waals surface area contributed by atoms with E-state index in [-0.39, 0.29) is 11.9 Å². The highest BCUT2D eigenvalue weighted by molar-refractivity contribution is 6.08. The normalized spacial score (nSPS) is 10.0. The molecule has 106 valence electrons. The number of nitriles is 1. The molecule has 1 amide bonds. The molecule has 0 aromatic heterocycles. The molecule has 0 spiro atoms. The number of amides is 1. The van der Waals surface area contributed by atoms with Gasteiger partial charge in [0.15, 0.2) is 0 Å². The summed E-state index contributed by atoms with van der Waals surface area (Å²) in [7, 11) is 0. The smallest absolute Gasteiger partial charge is 0.257 e. The molecule has 0 unspecified atom stereocenters. The fourth-order valence-corrected chi connectivity index (χ4v) is 1.94. The van der Waals surface area contributed by atoms with Crippen LogP contribution >= 0.6 is 0 Å². The Bertz CT molecular complexity index is 669. The SMILES string of the molecule is CC(C)Nc1ccccc1C(=O)Nc1ccc(C#N)cc1. The van der Waals surface area contributed by atoms with E-state index in [1.54, 1.807) is 30.3 Å². The number of carbonyl (C=O) groups excluding carboxylic acids is 1. The average Bonchev–Trinajstić information content (AvgIpc) is 2.48. The summed E-state index contributed by atoms with van der Waals surface area (Å²) in [6.07, 6.45) is 0. The van der Waals surface area contributed by atoms with Gasteiger partial charge in [-0.2, -0.15) is 5.26 Å². The molecule has 0 saturated carbocycles. The number of hydrogen-bond acceptors (Lipinski definition) is 3. The summed E-state index contributed by atoms with van der Waals surface area (Å²) in [6.45, 7) is 4.05. The summed E-state index contributed by atoms with van der Waals surface area (Å²) in [5.41, 5.74) is 2.63. The second kappa shape index (κ2) is 6.58. The van der Waals surface area contributed by atoms with Crippen molar-refractivity contribution < 1.29 is 4.79 Å². The quantitative estimate of drug-likeness (QED) is 0.898. The van der Waals surface area contributed by atoms with Gasteiger partial charge in [0.05, 0.1) is 17.2 Å². The van der Waals surface area contributed by atoms with Gasteiger partial charge in [-0.15, -0.1) is 0 Å². The van der Waals surface area contributed by atoms with Crippen LogP contribution in [0.1, 0.15) is 29.8 Å². The van der Waals surface area contributed by atoms with Crippen molar-refractivity contribution in [3.63, 3.8) is 0 Å². The Labute approximate surface area is 124 Å². The van der Waals surface area contributed by atoms with E-state index in [0.717, 1.165) is 5.69 Å². The van der Waals surface area contributed by atoms with Gasteiger partial charge in [0, 0.05) is 17.4 Å². The van der Waals surface area contributed by atoms with Gasteiger partial charge in [-0.25, -0.2) is 0 Å². The van der Waals surface area contributed by atoms with Crippen molar-refractivity contribution in [2.75, 3.05) is 10.6 Å². The molecule has 0 atom stereocenters. The Hall–Kier alpha value is -2.80. The van der Waals surface area contributed by atoms with Gasteiger partial charge in [-0.3, -0.25) is 4.79 Å². The number of hydrogen-bond donors (Lipinski definition) is 2. The van der Waals surface area contributed by atoms with Crippen LogP contribution in [0.5, 0.6) is 0 Å². The monoisotopic (exact) mass is 279 g/mol. The van der Waals surface area contributed by atoms with Gasteiger partial charge in [0.1, 0.15) is 0 Å². The molecule has 2 rings (SSSR count). The molecule has 21 heavy (non-hydrogen) atoms. The van der Waals surface area contributed by atoms with E-state index in [9.17, 15) is 4.79 Å². The molecule has 2 aromatic carbocycles. The van der Waals surface area contributed by atoms with Gasteiger partial charge in [-0.1, -0.05) is 12.1 Å². The highest BCUT2D eigenvalue weighted by Gasteiger charge is 2.11. The lowest BCUT2D eigenvalue weighted by Gasteiger charge is -2.14. The average molecular weight is 279 g/mol. The fourth-order valence-electron chi connectivity index (χ4n) is 1.94. The van der Waals surface area contributed by atoms with Crippen molar-refractivity contribution in [2.24, 2.45) is 0 Å². The first-order valence-corrected chi connectivity index (χ1v) is 6.77. The van der Waals surface area contributed by atoms with Gasteiger partial charge in [-0.05, 0) is 50.2 Å². The summed E-state index contributed by atoms with van der Waals surface area (Å²) in [4.78, 5) is 12.4. The lowest BCUT2D eigenvalue weighted by molar-refractivity contribution is 0.102. The molecule has 0 aliphatic carbocycles. The maximum atomic E-state index is 12.4. The number of benzene rings is 2. The summed E-state index contributed by atoms with van der Waals surface area (Å²) in [5, 5.41) is 14.9. The van der Waals surface area contributed by atoms with Crippen LogP contribution < -0.4 is 10.6 Å². The first-order chi connectivity index (χ1) is 10.1. The standard InChI is InChI=1S/C17H17N3O/c1-12(2)19-16-6-4-3-5-15(16)17(21)20-14-9-7-13(11-18)8-10-14/h3-10,12,19H,1-2H3,(H,20,21). The van der Waals surface area contributed by atoms with Crippen LogP contribution in [0.4, 0.5) is 11.4 Å². The van der Waals surface area contributed by atoms with E-state index >= 15 is 0 Å². The predicted octanol–water partition coefficient (Wildman–Crippen LogP) is 3.63. The molecular weight excluding hydrogens is 262 g/mol. The molecule has 0 bridgehead atoms. The highest BCUT2D eigenvalue weighted by atomic mass is 16.1. The lowest BCUT2D eigenvalue weighted by atomic mass is 10.1. The van der Waals surface area contributed by atoms with Gasteiger partial charge >= 0.3 is 0 Å². The Balaban J connectivity index is 2.18. The molecule has 0 saturated heterocycles. The van der Waals surface area contributed by atoms with E-state index in [2.05, 4.69) is 10.6 Å². The zero-order valence-electron chi connectivity index (χ0n) is 12.1. The van der Waals surface area contributed by atoms with Crippen molar-refractivity contribution >= 4 is 17.3 Å². The first kappa shape index (κ1) is 14.6. The van der Waals surface area contributed by atoms with Crippen LogP contribution in [0, 0.1) is 11.3 Å². The molecule has 0 fully saturated rings. The largest absolute Gasteiger partial charge is 0.382 e. The maximum Gasteiger partial charge on any atom is 0.257 e. The summed E-state index contributed by atoms with van der Waals surface area (Å²) in [5.74, 6) is -0.177. The van der Waals surface area contributed by atoms with Crippen LogP contribution in [0.3, 0.4) is 0 Å². The van der Waals surface area contributed by atoms with Crippen LogP contribution in [0.2, 0.25) is 0 Å². The second-order valence-corrected chi connectivity index (χ2v) is 4.99. The molecule has 0 aliphatic heterocycles. The Morgan fingerprint density at radius 1 is 1.10 bits per heavy atom. The van der Waals surface area contributed by atoms with Crippen LogP contribution in [0.25, 0.3) is 0 Å². The molecule has 4 nitrogen and oxygen atoms in total. The minimum absolute atomic E-state index is 0.177. The van der Waals surface area contributed by atoms with E-state index in [0.29, 0.717) is 16.8 Å². The van der Waals surface area contributed by atoms with E-state index in [4.69, 9.17) is 5.26 Å². The van der Waals surface area contributed by atoms with Crippen LogP contribution in [-0.2, 0) is 0 Å². The molecule has 0 heterocycles. The van der Waals surface area contributed by atoms with Crippen molar-refractivity contribution in [3.05, 3.63) is 59.7 Å². The van der Waals surface area contributed by atoms with E-state index < -0.39 is 0 Å². The summed E-state index contributed by atoms with van der Waals surface area (Å²) < 4.78 is 0. The second-order valence-electron chi connectivity index (χ2n) is 4.99. The number of anilines is 2. The van der Waals surface area contributed by atoms with Crippen molar-refractivity contribution in [1.82, 2.24) is 0 Å². The maximum absolute atomic E-state index is 12.4. The zero-order valence-corrected chi connectivity index (χ0v) is 12.1. The number of para-hydroxylation sites is 1. The first-order valence-electron chi connectivity index (χ1n) is 6.77. The molecule has 0 radical (unpaired) electrons. The van der Waals surface area contributed by atoms with Gasteiger partial charge < -0.3 is 10.6 Å². The van der Waals surface area contributed by atoms with E-state index in [1.807, 2.05) is 38.1 Å². The van der Waals surface area contributed by atoms with Crippen LogP contribution in [-0.4, -0.2) is 11.9 Å². The molecule has 0 aliphatic rings. The number of nitrogens with zero attached hydrogens (tertiary/aromatic N) is 1. The fraction of sp³-hybridized carbons (Fsp3) is 0.176. The van der Waals surface area contributed by atoms with Gasteiger partial charge in [0.25, 0.3) is 5.91 Å². The topological polar surface area (TPSA) is 64.9 Å². The number of nitrogens with one attached hydrogen (secondary N) is 2. The minimum atomic E-state index is -0.177. The van der Waals surface area contributed by atoms with Crippen LogP contribution in [0.15, 0.2) is 48.5 Å². The van der Waals surface area contributed by atoms with Gasteiger partial charge in [0.2, 0.25) is 0 Å². The summed E-state index contributed by atoms with van der Waals surface area (Å²) in [6, 6.07) is 16.5. The minimum Gasteiger partial charge on any atom is -0.382 e. The predicted molar refractivity (Wildman–Crippen MR) is 84.3 cm³/mol. The summed E-state index contributed by atoms with van der Waals surface area (Å²) >= 11 is 0. The number of carbonyl (C=O) groups is 1. The van der Waals surface area contributed by atoms with Crippen molar-refractivity contribution in [2.45, 2.75) is 19.9 Å². The Morgan fingerprint density at radius 3 is 2.38 bits per heavy atom. The third kappa shape index (κ3) is 3.83. The van der Waals surface area contributed by atoms with Crippen molar-refractivity contribution in [1.29, 1.82) is 5.26 Å². The molecule has 2 N–H and O–H groups in total. The third-order valence-electron chi connectivity index (χ3n) is 2.89. The molecule has 2 aromatic rings. The third-order valence-corrected chi connectivity index (χ3v) is 2.89.